The van der Waals surface area contributed by atoms with E-state index >= 15 is 0 Å². The summed E-state index contributed by atoms with van der Waals surface area (Å²) in [6, 6.07) is 2.66. The lowest BCUT2D eigenvalue weighted by Crippen LogP contribution is -2.48. The van der Waals surface area contributed by atoms with Gasteiger partial charge in [0.05, 0.1) is 5.60 Å². The second-order valence-electron chi connectivity index (χ2n) is 5.43. The van der Waals surface area contributed by atoms with Gasteiger partial charge in [0, 0.05) is 12.6 Å². The van der Waals surface area contributed by atoms with Crippen LogP contribution in [0, 0.1) is 0 Å². The summed E-state index contributed by atoms with van der Waals surface area (Å²) in [6.45, 7) is 4.34. The fourth-order valence-corrected chi connectivity index (χ4v) is 3.96. The molecule has 2 heterocycles. The van der Waals surface area contributed by atoms with Gasteiger partial charge in [0.2, 0.25) is 5.09 Å². The van der Waals surface area contributed by atoms with Gasteiger partial charge in [-0.2, -0.15) is 0 Å². The summed E-state index contributed by atoms with van der Waals surface area (Å²) in [4.78, 5) is 0. The molecular weight excluding hydrogens is 294 g/mol. The molecular formula is C14H23NO5S. The zero-order chi connectivity index (χ0) is 15.5. The van der Waals surface area contributed by atoms with Crippen LogP contribution in [-0.2, 0) is 21.4 Å². The van der Waals surface area contributed by atoms with Crippen LogP contribution in [0.25, 0.3) is 0 Å². The molecule has 0 spiro atoms. The molecule has 0 aromatic carbocycles. The molecule has 1 aromatic rings. The number of rotatable bonds is 6. The van der Waals surface area contributed by atoms with Crippen molar-refractivity contribution in [2.45, 2.75) is 62.9 Å². The molecule has 2 rings (SSSR count). The zero-order valence-corrected chi connectivity index (χ0v) is 13.3. The minimum atomic E-state index is -3.70. The maximum absolute atomic E-state index is 12.3. The molecule has 1 aromatic heterocycles. The molecule has 2 N–H and O–H groups in total. The van der Waals surface area contributed by atoms with E-state index in [0.29, 0.717) is 19.4 Å². The molecule has 6 nitrogen and oxygen atoms in total. The number of nitrogens with one attached hydrogen (secondary N) is 1. The quantitative estimate of drug-likeness (QED) is 0.835. The van der Waals surface area contributed by atoms with Crippen LogP contribution in [-0.4, -0.2) is 31.8 Å². The molecule has 1 fully saturated rings. The minimum Gasteiger partial charge on any atom is -0.446 e. The smallest absolute Gasteiger partial charge is 0.274 e. The van der Waals surface area contributed by atoms with E-state index in [1.165, 1.54) is 12.1 Å². The van der Waals surface area contributed by atoms with Crippen LogP contribution >= 0.6 is 0 Å². The lowest BCUT2D eigenvalue weighted by molar-refractivity contribution is -0.0905. The molecule has 0 amide bonds. The van der Waals surface area contributed by atoms with Crippen molar-refractivity contribution in [2.75, 3.05) is 6.61 Å². The normalized spacial score (nSPS) is 22.3. The molecule has 120 valence electrons. The van der Waals surface area contributed by atoms with Crippen molar-refractivity contribution >= 4 is 10.0 Å². The lowest BCUT2D eigenvalue weighted by Gasteiger charge is -2.40. The lowest BCUT2D eigenvalue weighted by atomic mass is 9.86. The fraction of sp³-hybridized carbons (Fsp3) is 0.714. The SMILES string of the molecule is CCC1(CC)CC(NS(=O)(=O)c2ccc(CO)o2)CCO1. The molecule has 0 radical (unpaired) electrons. The first-order valence-electron chi connectivity index (χ1n) is 7.30. The summed E-state index contributed by atoms with van der Waals surface area (Å²) in [5, 5.41) is 8.79. The maximum atomic E-state index is 12.3. The summed E-state index contributed by atoms with van der Waals surface area (Å²) < 4.78 is 38.2. The number of furan rings is 1. The first kappa shape index (κ1) is 16.5. The van der Waals surface area contributed by atoms with Gasteiger partial charge in [-0.15, -0.1) is 0 Å². The Morgan fingerprint density at radius 1 is 1.38 bits per heavy atom. The topological polar surface area (TPSA) is 88.8 Å². The Labute approximate surface area is 125 Å². The molecule has 1 aliphatic heterocycles. The number of aliphatic hydroxyl groups is 1. The summed E-state index contributed by atoms with van der Waals surface area (Å²) in [6.07, 6.45) is 3.02. The Morgan fingerprint density at radius 3 is 2.67 bits per heavy atom. The molecule has 1 unspecified atom stereocenters. The largest absolute Gasteiger partial charge is 0.446 e. The number of hydrogen-bond acceptors (Lipinski definition) is 5. The summed E-state index contributed by atoms with van der Waals surface area (Å²) >= 11 is 0. The molecule has 1 aliphatic rings. The molecule has 7 heteroatoms. The van der Waals surface area contributed by atoms with Crippen LogP contribution in [0.15, 0.2) is 21.6 Å². The van der Waals surface area contributed by atoms with Gasteiger partial charge >= 0.3 is 0 Å². The van der Waals surface area contributed by atoms with Crippen molar-refractivity contribution in [1.82, 2.24) is 4.72 Å². The molecule has 0 aliphatic carbocycles. The summed E-state index contributed by atoms with van der Waals surface area (Å²) in [5.41, 5.74) is -0.245. The van der Waals surface area contributed by atoms with Crippen LogP contribution in [0.4, 0.5) is 0 Å². The standard InChI is InChI=1S/C14H23NO5S/c1-3-14(4-2)9-11(7-8-19-14)15-21(17,18)13-6-5-12(10-16)20-13/h5-6,11,15-16H,3-4,7-10H2,1-2H3. The van der Waals surface area contributed by atoms with Gasteiger partial charge in [-0.3, -0.25) is 0 Å². The first-order valence-corrected chi connectivity index (χ1v) is 8.79. The van der Waals surface area contributed by atoms with E-state index in [4.69, 9.17) is 14.3 Å². The number of aliphatic hydroxyl groups excluding tert-OH is 1. The molecule has 0 bridgehead atoms. The van der Waals surface area contributed by atoms with Gasteiger partial charge in [0.1, 0.15) is 12.4 Å². The summed E-state index contributed by atoms with van der Waals surface area (Å²) in [7, 11) is -3.70. The third kappa shape index (κ3) is 3.66. The molecule has 1 saturated heterocycles. The third-order valence-corrected chi connectivity index (χ3v) is 5.55. The highest BCUT2D eigenvalue weighted by molar-refractivity contribution is 7.89. The Kier molecular flexibility index (Phi) is 5.08. The van der Waals surface area contributed by atoms with E-state index < -0.39 is 10.0 Å². The highest BCUT2D eigenvalue weighted by Gasteiger charge is 2.36. The van der Waals surface area contributed by atoms with Crippen molar-refractivity contribution in [3.63, 3.8) is 0 Å². The van der Waals surface area contributed by atoms with Gasteiger partial charge in [0.15, 0.2) is 0 Å². The third-order valence-electron chi connectivity index (χ3n) is 4.16. The molecule has 21 heavy (non-hydrogen) atoms. The number of hydrogen-bond donors (Lipinski definition) is 2. The van der Waals surface area contributed by atoms with Crippen LogP contribution in [0.1, 0.15) is 45.3 Å². The van der Waals surface area contributed by atoms with E-state index in [-0.39, 0.29) is 29.1 Å². The Morgan fingerprint density at radius 2 is 2.10 bits per heavy atom. The second-order valence-corrected chi connectivity index (χ2v) is 7.07. The van der Waals surface area contributed by atoms with Crippen LogP contribution in [0.2, 0.25) is 0 Å². The van der Waals surface area contributed by atoms with Crippen molar-refractivity contribution in [1.29, 1.82) is 0 Å². The predicted molar refractivity (Wildman–Crippen MR) is 77.2 cm³/mol. The monoisotopic (exact) mass is 317 g/mol. The highest BCUT2D eigenvalue weighted by atomic mass is 32.2. The van der Waals surface area contributed by atoms with Gasteiger partial charge in [-0.25, -0.2) is 13.1 Å². The second kappa shape index (κ2) is 6.48. The average Bonchev–Trinajstić information content (AvgIpc) is 2.97. The van der Waals surface area contributed by atoms with Gasteiger partial charge in [-0.05, 0) is 37.8 Å². The van der Waals surface area contributed by atoms with Crippen molar-refractivity contribution in [3.8, 4) is 0 Å². The Bertz CT molecular complexity index is 562. The van der Waals surface area contributed by atoms with Gasteiger partial charge < -0.3 is 14.3 Å². The van der Waals surface area contributed by atoms with E-state index in [1.807, 2.05) is 0 Å². The van der Waals surface area contributed by atoms with Gasteiger partial charge in [-0.1, -0.05) is 13.8 Å². The van der Waals surface area contributed by atoms with Gasteiger partial charge in [0.25, 0.3) is 10.0 Å². The zero-order valence-electron chi connectivity index (χ0n) is 12.5. The van der Waals surface area contributed by atoms with E-state index in [9.17, 15) is 8.42 Å². The summed E-state index contributed by atoms with van der Waals surface area (Å²) in [5.74, 6) is 0.235. The number of sulfonamides is 1. The van der Waals surface area contributed by atoms with Crippen LogP contribution in [0.3, 0.4) is 0 Å². The van der Waals surface area contributed by atoms with Crippen molar-refractivity contribution < 1.29 is 22.7 Å². The van der Waals surface area contributed by atoms with Crippen molar-refractivity contribution in [3.05, 3.63) is 17.9 Å². The number of ether oxygens (including phenoxy) is 1. The van der Waals surface area contributed by atoms with E-state index in [1.54, 1.807) is 0 Å². The average molecular weight is 317 g/mol. The fourth-order valence-electron chi connectivity index (χ4n) is 2.74. The maximum Gasteiger partial charge on any atom is 0.274 e. The highest BCUT2D eigenvalue weighted by Crippen LogP contribution is 2.32. The molecule has 1 atom stereocenters. The Balaban J connectivity index is 2.09. The van der Waals surface area contributed by atoms with Crippen molar-refractivity contribution in [2.24, 2.45) is 0 Å². The first-order chi connectivity index (χ1) is 9.94. The Hall–Kier alpha value is -0.890. The van der Waals surface area contributed by atoms with Crippen LogP contribution < -0.4 is 4.72 Å². The van der Waals surface area contributed by atoms with E-state index in [2.05, 4.69) is 18.6 Å². The molecule has 0 saturated carbocycles. The minimum absolute atomic E-state index is 0.156. The van der Waals surface area contributed by atoms with Crippen LogP contribution in [0.5, 0.6) is 0 Å². The predicted octanol–water partition coefficient (Wildman–Crippen LogP) is 1.79. The van der Waals surface area contributed by atoms with E-state index in [0.717, 1.165) is 12.8 Å².